The summed E-state index contributed by atoms with van der Waals surface area (Å²) in [7, 11) is 0. The second-order valence-corrected chi connectivity index (χ2v) is 23.1. The van der Waals surface area contributed by atoms with Crippen LogP contribution in [0.5, 0.6) is 17.2 Å². The molecule has 448 valence electrons. The molecule has 2 atom stereocenters. The lowest BCUT2D eigenvalue weighted by Crippen LogP contribution is -2.40. The van der Waals surface area contributed by atoms with Crippen LogP contribution in [0, 0.1) is 0 Å². The van der Waals surface area contributed by atoms with E-state index in [0.717, 1.165) is 44.1 Å². The number of hydrogen-bond acceptors (Lipinski definition) is 12. The molecule has 4 amide bonds. The van der Waals surface area contributed by atoms with Gasteiger partial charge in [-0.05, 0) is 119 Å². The number of benzene rings is 6. The van der Waals surface area contributed by atoms with Crippen molar-refractivity contribution in [2.75, 3.05) is 93.0 Å². The number of ketones is 2. The van der Waals surface area contributed by atoms with E-state index < -0.39 is 0 Å². The van der Waals surface area contributed by atoms with E-state index in [1.54, 1.807) is 92.4 Å². The molecule has 6 aromatic carbocycles. The van der Waals surface area contributed by atoms with Crippen molar-refractivity contribution in [3.05, 3.63) is 177 Å². The molecular weight excluding hydrogens is 1170 g/mol. The summed E-state index contributed by atoms with van der Waals surface area (Å²) in [5, 5.41) is 34.4. The number of aromatic amines is 4. The van der Waals surface area contributed by atoms with E-state index in [1.165, 1.54) is 12.1 Å². The summed E-state index contributed by atoms with van der Waals surface area (Å²) < 4.78 is 10.7. The fraction of sp³-hybridized carbons (Fsp3) is 0.242. The number of ether oxygens (including phenoxy) is 2. The molecular formula is C66H59Cl2N9O11. The Hall–Kier alpha value is -9.60. The van der Waals surface area contributed by atoms with Gasteiger partial charge in [-0.25, -0.2) is 0 Å². The predicted octanol–water partition coefficient (Wildman–Crippen LogP) is 9.76. The standard InChI is InChI=1S/C33H30ClN5O5.C33H29ClN4O6/c34-16-21-17-39(27-15-29(41)31-23(30(21)27)14-26(37-31)32(42)38-7-9-44-10-8-38)33(43)25-13-20-11-18(1-6-24(20)36-25)12-28(40)19-2-4-22(35)5-3-19;34-16-21-17-38(27-15-29(41)31-23(30(21)27)14-26(36-31)32(42)37-7-9-44-10-8-37)33(43)25-13-20-11-18(1-6-24(20)35-25)12-28(40)19-2-4-22(39)5-3-19/h1-6,11,13-15,21,36-37,41H,7-10,12,16-17,35H2;1-6,11,13-15,21,35-36,39,41H,7-10,12,16-17H2/t2*21-/m11/s1. The maximum Gasteiger partial charge on any atom is 0.274 e. The fourth-order valence-electron chi connectivity index (χ4n) is 12.4. The zero-order valence-corrected chi connectivity index (χ0v) is 48.8. The van der Waals surface area contributed by atoms with Crippen LogP contribution in [0.4, 0.5) is 17.1 Å². The number of nitrogen functional groups attached to an aromatic ring is 1. The topological polar surface area (TPSA) is 284 Å². The van der Waals surface area contributed by atoms with Crippen molar-refractivity contribution in [2.45, 2.75) is 24.7 Å². The molecule has 2 fully saturated rings. The quantitative estimate of drug-likeness (QED) is 0.0322. The number of nitrogens with zero attached hydrogens (tertiary/aromatic N) is 4. The van der Waals surface area contributed by atoms with Gasteiger partial charge in [0, 0.05) is 137 Å². The molecule has 0 aliphatic carbocycles. The van der Waals surface area contributed by atoms with Gasteiger partial charge in [-0.1, -0.05) is 12.1 Å². The Bertz CT molecular complexity index is 4160. The number of hydrogen-bond donors (Lipinski definition) is 8. The van der Waals surface area contributed by atoms with Crippen LogP contribution in [-0.2, 0) is 22.3 Å². The SMILES string of the molecule is Nc1ccc(C(=O)Cc2ccc3[nH]c(C(=O)N4C[C@@H](CCl)c5c4cc(O)c4[nH]c(C(=O)N6CCOCC6)cc54)cc3c2)cc1.O=C(Cc1ccc2[nH]c(C(=O)N3C[C@@H](CCl)c4c3cc(O)c3[nH]c(C(=O)N5CCOCC5)cc43)cc2c1)c1ccc(O)cc1. The maximum atomic E-state index is 13.9. The van der Waals surface area contributed by atoms with E-state index in [9.17, 15) is 44.1 Å². The predicted molar refractivity (Wildman–Crippen MR) is 335 cm³/mol. The van der Waals surface area contributed by atoms with Gasteiger partial charge in [-0.3, -0.25) is 28.8 Å². The second-order valence-electron chi connectivity index (χ2n) is 22.5. The number of aromatic hydroxyl groups is 3. The highest BCUT2D eigenvalue weighted by Gasteiger charge is 2.39. The second kappa shape index (κ2) is 23.6. The van der Waals surface area contributed by atoms with Gasteiger partial charge in [-0.15, -0.1) is 23.2 Å². The summed E-state index contributed by atoms with van der Waals surface area (Å²) in [6, 6.07) is 34.3. The molecule has 0 bridgehead atoms. The Labute approximate surface area is 512 Å². The van der Waals surface area contributed by atoms with Crippen molar-refractivity contribution in [3.63, 3.8) is 0 Å². The van der Waals surface area contributed by atoms with Crippen LogP contribution >= 0.6 is 23.2 Å². The third-order valence-electron chi connectivity index (χ3n) is 16.9. The summed E-state index contributed by atoms with van der Waals surface area (Å²) in [4.78, 5) is 99.0. The average Bonchev–Trinajstić information content (AvgIpc) is 1.63. The molecule has 0 radical (unpaired) electrons. The van der Waals surface area contributed by atoms with Crippen LogP contribution in [-0.4, -0.2) is 158 Å². The molecule has 0 spiro atoms. The number of H-pyrrole nitrogens is 4. The zero-order chi connectivity index (χ0) is 61.1. The Balaban J connectivity index is 0.000000162. The van der Waals surface area contributed by atoms with Crippen molar-refractivity contribution in [1.29, 1.82) is 0 Å². The van der Waals surface area contributed by atoms with Crippen LogP contribution in [0.2, 0.25) is 0 Å². The van der Waals surface area contributed by atoms with Gasteiger partial charge in [-0.2, -0.15) is 0 Å². The average molecular weight is 1230 g/mol. The molecule has 4 aromatic heterocycles. The number of Topliss-reactive ketones (excluding diaryl/α,β-unsaturated/α-hetero) is 2. The van der Waals surface area contributed by atoms with E-state index in [4.69, 9.17) is 38.4 Å². The summed E-state index contributed by atoms with van der Waals surface area (Å²) in [6.45, 7) is 4.53. The minimum atomic E-state index is -0.282. The van der Waals surface area contributed by atoms with Crippen LogP contribution < -0.4 is 15.5 Å². The largest absolute Gasteiger partial charge is 0.508 e. The summed E-state index contributed by atoms with van der Waals surface area (Å²) in [6.07, 6.45) is 0.390. The minimum absolute atomic E-state index is 0.0253. The molecule has 9 N–H and O–H groups in total. The maximum absolute atomic E-state index is 13.9. The number of rotatable bonds is 12. The molecule has 2 saturated heterocycles. The fourth-order valence-corrected chi connectivity index (χ4v) is 12.9. The Morgan fingerprint density at radius 2 is 0.886 bits per heavy atom. The first-order valence-corrected chi connectivity index (χ1v) is 29.9. The van der Waals surface area contributed by atoms with Crippen LogP contribution in [0.3, 0.4) is 0 Å². The van der Waals surface area contributed by atoms with Crippen molar-refractivity contribution in [3.8, 4) is 17.2 Å². The van der Waals surface area contributed by atoms with Gasteiger partial charge in [0.2, 0.25) is 0 Å². The van der Waals surface area contributed by atoms with Crippen molar-refractivity contribution < 1.29 is 53.6 Å². The van der Waals surface area contributed by atoms with Crippen LogP contribution in [0.25, 0.3) is 43.6 Å². The third kappa shape index (κ3) is 10.8. The molecule has 88 heavy (non-hydrogen) atoms. The van der Waals surface area contributed by atoms with E-state index >= 15 is 0 Å². The molecule has 10 aromatic rings. The van der Waals surface area contributed by atoms with E-state index in [-0.39, 0.29) is 88.9 Å². The van der Waals surface area contributed by atoms with Gasteiger partial charge in [0.1, 0.15) is 40.0 Å². The summed E-state index contributed by atoms with van der Waals surface area (Å²) >= 11 is 12.8. The minimum Gasteiger partial charge on any atom is -0.508 e. The molecule has 0 unspecified atom stereocenters. The van der Waals surface area contributed by atoms with Crippen molar-refractivity contribution in [1.82, 2.24) is 29.7 Å². The van der Waals surface area contributed by atoms with Gasteiger partial charge in [0.05, 0.1) is 48.8 Å². The Kier molecular flexibility index (Phi) is 15.4. The third-order valence-corrected chi connectivity index (χ3v) is 17.7. The number of nitrogens with two attached hydrogens (primary N) is 1. The first kappa shape index (κ1) is 57.5. The molecule has 20 nitrogen and oxygen atoms in total. The molecule has 4 aliphatic heterocycles. The molecule has 14 rings (SSSR count). The first-order valence-electron chi connectivity index (χ1n) is 28.8. The Morgan fingerprint density at radius 3 is 1.30 bits per heavy atom. The number of carbonyl (C=O) groups excluding carboxylic acids is 6. The lowest BCUT2D eigenvalue weighted by molar-refractivity contribution is 0.0298. The molecule has 22 heteroatoms. The lowest BCUT2D eigenvalue weighted by Gasteiger charge is -2.26. The first-order chi connectivity index (χ1) is 42.6. The number of fused-ring (bicyclic) bond motifs is 8. The van der Waals surface area contributed by atoms with E-state index in [0.29, 0.717) is 138 Å². The highest BCUT2D eigenvalue weighted by Crippen LogP contribution is 2.48. The van der Waals surface area contributed by atoms with Crippen LogP contribution in [0.1, 0.15) is 96.8 Å². The number of halogens is 2. The normalized spacial score (nSPS) is 16.5. The van der Waals surface area contributed by atoms with E-state index in [1.807, 2.05) is 36.4 Å². The van der Waals surface area contributed by atoms with Gasteiger partial charge in [0.25, 0.3) is 23.6 Å². The number of morpholine rings is 2. The van der Waals surface area contributed by atoms with Crippen LogP contribution in [0.15, 0.2) is 121 Å². The van der Waals surface area contributed by atoms with Gasteiger partial charge in [0.15, 0.2) is 11.6 Å². The molecule has 8 heterocycles. The molecule has 0 saturated carbocycles. The van der Waals surface area contributed by atoms with E-state index in [2.05, 4.69) is 19.9 Å². The highest BCUT2D eigenvalue weighted by atomic mass is 35.5. The smallest absolute Gasteiger partial charge is 0.274 e. The highest BCUT2D eigenvalue weighted by molar-refractivity contribution is 6.20. The Morgan fingerprint density at radius 1 is 0.489 bits per heavy atom. The number of phenolic OH excluding ortho intramolecular Hbond substituents is 3. The zero-order valence-electron chi connectivity index (χ0n) is 47.3. The number of anilines is 3. The number of alkyl halides is 2. The summed E-state index contributed by atoms with van der Waals surface area (Å²) in [5.41, 5.74) is 15.6. The molecule has 4 aliphatic rings. The number of phenols is 3. The lowest BCUT2D eigenvalue weighted by atomic mass is 9.98. The van der Waals surface area contributed by atoms with Crippen molar-refractivity contribution >= 4 is 119 Å². The number of aromatic nitrogens is 4. The number of amides is 4. The number of nitrogens with one attached hydrogen (secondary N) is 4. The summed E-state index contributed by atoms with van der Waals surface area (Å²) in [5.74, 6) is -0.916. The monoisotopic (exact) mass is 1220 g/mol. The van der Waals surface area contributed by atoms with Crippen molar-refractivity contribution in [2.24, 2.45) is 0 Å². The number of carbonyl (C=O) groups is 6. The van der Waals surface area contributed by atoms with Gasteiger partial charge >= 0.3 is 0 Å². The van der Waals surface area contributed by atoms with Gasteiger partial charge < -0.3 is 70.1 Å².